The zero-order valence-electron chi connectivity index (χ0n) is 10.00. The number of carbonyl (C=O) groups is 1. The first-order valence-corrected chi connectivity index (χ1v) is 5.85. The highest BCUT2D eigenvalue weighted by Crippen LogP contribution is 2.22. The van der Waals surface area contributed by atoms with E-state index >= 15 is 0 Å². The van der Waals surface area contributed by atoms with Crippen molar-refractivity contribution in [3.63, 3.8) is 0 Å². The minimum Gasteiger partial charge on any atom is -0.478 e. The summed E-state index contributed by atoms with van der Waals surface area (Å²) in [4.78, 5) is 11.3. The Morgan fingerprint density at radius 1 is 1.16 bits per heavy atom. The van der Waals surface area contributed by atoms with E-state index < -0.39 is 5.97 Å². The summed E-state index contributed by atoms with van der Waals surface area (Å²) in [6, 6.07) is 13.0. The van der Waals surface area contributed by atoms with Gasteiger partial charge in [0.15, 0.2) is 0 Å². The maximum atomic E-state index is 11.3. The van der Waals surface area contributed by atoms with E-state index in [4.69, 9.17) is 0 Å². The molecule has 0 fully saturated rings. The number of aromatic nitrogens is 3. The lowest BCUT2D eigenvalue weighted by Crippen LogP contribution is -2.04. The van der Waals surface area contributed by atoms with Gasteiger partial charge < -0.3 is 5.11 Å². The van der Waals surface area contributed by atoms with Crippen LogP contribution in [0.4, 0.5) is 0 Å². The van der Waals surface area contributed by atoms with Crippen LogP contribution in [0.25, 0.3) is 11.0 Å². The number of hydrogen-bond acceptors (Lipinski definition) is 3. The molecule has 1 aromatic heterocycles. The first-order valence-electron chi connectivity index (χ1n) is 5.85. The number of carboxylic acid groups (broad SMARTS) is 1. The third-order valence-electron chi connectivity index (χ3n) is 3.06. The third-order valence-corrected chi connectivity index (χ3v) is 3.06. The summed E-state index contributed by atoms with van der Waals surface area (Å²) in [5.41, 5.74) is 3.36. The average Bonchev–Trinajstić information content (AvgIpc) is 2.88. The lowest BCUT2D eigenvalue weighted by atomic mass is 9.98. The van der Waals surface area contributed by atoms with Gasteiger partial charge in [-0.05, 0) is 17.7 Å². The quantitative estimate of drug-likeness (QED) is 0.750. The van der Waals surface area contributed by atoms with Crippen LogP contribution in [0.15, 0.2) is 42.5 Å². The molecule has 0 bridgehead atoms. The zero-order chi connectivity index (χ0) is 13.2. The number of rotatable bonds is 3. The fraction of sp³-hybridized carbons (Fsp3) is 0.0714. The maximum Gasteiger partial charge on any atom is 0.336 e. The summed E-state index contributed by atoms with van der Waals surface area (Å²) in [6.07, 6.45) is 0.520. The van der Waals surface area contributed by atoms with E-state index in [1.165, 1.54) is 0 Å². The molecule has 5 heteroatoms. The molecular formula is C14H11N3O2. The maximum absolute atomic E-state index is 11.3. The third kappa shape index (κ3) is 2.06. The van der Waals surface area contributed by atoms with Crippen molar-refractivity contribution in [1.82, 2.24) is 15.4 Å². The molecule has 0 radical (unpaired) electrons. The standard InChI is InChI=1S/C14H11N3O2/c18-14(19)10-6-7-12-13(16-17-15-12)11(10)8-9-4-2-1-3-5-9/h1-7H,8H2,(H,18,19)(H,15,16,17). The van der Waals surface area contributed by atoms with Gasteiger partial charge in [-0.2, -0.15) is 0 Å². The van der Waals surface area contributed by atoms with Gasteiger partial charge in [-0.25, -0.2) is 4.79 Å². The number of aromatic amines is 1. The number of hydrogen-bond donors (Lipinski definition) is 2. The second-order valence-electron chi connectivity index (χ2n) is 4.27. The van der Waals surface area contributed by atoms with Crippen molar-refractivity contribution in [3.8, 4) is 0 Å². The number of nitrogens with zero attached hydrogens (tertiary/aromatic N) is 2. The Bertz CT molecular complexity index is 735. The summed E-state index contributed by atoms with van der Waals surface area (Å²) in [5.74, 6) is -0.948. The molecule has 0 amide bonds. The minimum absolute atomic E-state index is 0.269. The van der Waals surface area contributed by atoms with Gasteiger partial charge in [0.1, 0.15) is 5.52 Å². The van der Waals surface area contributed by atoms with E-state index in [1.807, 2.05) is 30.3 Å². The van der Waals surface area contributed by atoms with Gasteiger partial charge in [0.05, 0.1) is 11.1 Å². The van der Waals surface area contributed by atoms with Crippen LogP contribution in [0.3, 0.4) is 0 Å². The molecule has 0 unspecified atom stereocenters. The van der Waals surface area contributed by atoms with Crippen LogP contribution in [-0.2, 0) is 6.42 Å². The van der Waals surface area contributed by atoms with E-state index in [9.17, 15) is 9.90 Å². The molecule has 0 aliphatic rings. The van der Waals surface area contributed by atoms with Gasteiger partial charge in [-0.3, -0.25) is 5.10 Å². The smallest absolute Gasteiger partial charge is 0.336 e. The highest BCUT2D eigenvalue weighted by molar-refractivity contribution is 5.95. The Hall–Kier alpha value is -2.69. The van der Waals surface area contributed by atoms with Crippen LogP contribution < -0.4 is 0 Å². The van der Waals surface area contributed by atoms with Gasteiger partial charge >= 0.3 is 5.97 Å². The van der Waals surface area contributed by atoms with E-state index in [-0.39, 0.29) is 5.56 Å². The van der Waals surface area contributed by atoms with Gasteiger partial charge in [0, 0.05) is 12.0 Å². The van der Waals surface area contributed by atoms with Crippen molar-refractivity contribution in [2.45, 2.75) is 6.42 Å². The van der Waals surface area contributed by atoms with Gasteiger partial charge in [0.2, 0.25) is 0 Å². The van der Waals surface area contributed by atoms with Crippen LogP contribution in [0, 0.1) is 0 Å². The topological polar surface area (TPSA) is 78.9 Å². The second-order valence-corrected chi connectivity index (χ2v) is 4.27. The molecule has 0 atom stereocenters. The largest absolute Gasteiger partial charge is 0.478 e. The Balaban J connectivity index is 2.16. The van der Waals surface area contributed by atoms with E-state index in [1.54, 1.807) is 12.1 Å². The molecule has 3 aromatic rings. The lowest BCUT2D eigenvalue weighted by Gasteiger charge is -2.06. The average molecular weight is 253 g/mol. The SMILES string of the molecule is O=C(O)c1ccc2[nH]nnc2c1Cc1ccccc1. The molecule has 2 aromatic carbocycles. The number of aromatic carboxylic acids is 1. The Morgan fingerprint density at radius 3 is 2.68 bits per heavy atom. The Labute approximate surface area is 108 Å². The van der Waals surface area contributed by atoms with Crippen LogP contribution in [0.2, 0.25) is 0 Å². The van der Waals surface area contributed by atoms with Gasteiger partial charge in [-0.1, -0.05) is 35.5 Å². The molecule has 5 nitrogen and oxygen atoms in total. The van der Waals surface area contributed by atoms with Crippen molar-refractivity contribution in [2.75, 3.05) is 0 Å². The molecule has 0 saturated carbocycles. The Kier molecular flexibility index (Phi) is 2.72. The molecule has 0 spiro atoms. The molecule has 1 heterocycles. The summed E-state index contributed by atoms with van der Waals surface area (Å²) >= 11 is 0. The number of benzene rings is 2. The number of nitrogens with one attached hydrogen (secondary N) is 1. The van der Waals surface area contributed by atoms with Crippen LogP contribution in [-0.4, -0.2) is 26.5 Å². The summed E-state index contributed by atoms with van der Waals surface area (Å²) < 4.78 is 0. The predicted molar refractivity (Wildman–Crippen MR) is 70.1 cm³/mol. The molecular weight excluding hydrogens is 242 g/mol. The van der Waals surface area contributed by atoms with E-state index in [2.05, 4.69) is 15.4 Å². The first kappa shape index (κ1) is 11.4. The monoisotopic (exact) mass is 253 g/mol. The summed E-state index contributed by atoms with van der Waals surface area (Å²) in [6.45, 7) is 0. The fourth-order valence-electron chi connectivity index (χ4n) is 2.15. The predicted octanol–water partition coefficient (Wildman–Crippen LogP) is 2.25. The minimum atomic E-state index is -0.948. The highest BCUT2D eigenvalue weighted by Gasteiger charge is 2.15. The highest BCUT2D eigenvalue weighted by atomic mass is 16.4. The zero-order valence-corrected chi connectivity index (χ0v) is 10.00. The van der Waals surface area contributed by atoms with Crippen molar-refractivity contribution >= 4 is 17.0 Å². The molecule has 0 aliphatic carbocycles. The summed E-state index contributed by atoms with van der Waals surface area (Å²) in [5, 5.41) is 19.8. The normalized spacial score (nSPS) is 10.7. The van der Waals surface area contributed by atoms with Crippen molar-refractivity contribution < 1.29 is 9.90 Å². The van der Waals surface area contributed by atoms with Gasteiger partial charge in [-0.15, -0.1) is 5.10 Å². The van der Waals surface area contributed by atoms with Crippen molar-refractivity contribution in [3.05, 3.63) is 59.2 Å². The fourth-order valence-corrected chi connectivity index (χ4v) is 2.15. The molecule has 94 valence electrons. The second kappa shape index (κ2) is 4.53. The van der Waals surface area contributed by atoms with Crippen molar-refractivity contribution in [2.24, 2.45) is 0 Å². The molecule has 0 saturated heterocycles. The molecule has 2 N–H and O–H groups in total. The first-order chi connectivity index (χ1) is 9.25. The molecule has 3 rings (SSSR count). The van der Waals surface area contributed by atoms with E-state index in [0.29, 0.717) is 17.5 Å². The number of fused-ring (bicyclic) bond motifs is 1. The number of H-pyrrole nitrogens is 1. The van der Waals surface area contributed by atoms with Crippen LogP contribution in [0.5, 0.6) is 0 Å². The lowest BCUT2D eigenvalue weighted by molar-refractivity contribution is 0.0696. The number of carboxylic acids is 1. The molecule has 0 aliphatic heterocycles. The molecule has 19 heavy (non-hydrogen) atoms. The van der Waals surface area contributed by atoms with E-state index in [0.717, 1.165) is 11.1 Å². The van der Waals surface area contributed by atoms with Crippen molar-refractivity contribution in [1.29, 1.82) is 0 Å². The van der Waals surface area contributed by atoms with Gasteiger partial charge in [0.25, 0.3) is 0 Å². The Morgan fingerprint density at radius 2 is 1.95 bits per heavy atom. The van der Waals surface area contributed by atoms with Crippen LogP contribution in [0.1, 0.15) is 21.5 Å². The van der Waals surface area contributed by atoms with Crippen LogP contribution >= 0.6 is 0 Å². The summed E-state index contributed by atoms with van der Waals surface area (Å²) in [7, 11) is 0.